The Hall–Kier alpha value is -3.25. The Kier molecular flexibility index (Phi) is 6.09. The van der Waals surface area contributed by atoms with E-state index in [1.54, 1.807) is 23.1 Å². The number of carbonyl (C=O) groups is 3. The van der Waals surface area contributed by atoms with E-state index < -0.39 is 5.91 Å². The topological polar surface area (TPSA) is 123 Å². The van der Waals surface area contributed by atoms with Gasteiger partial charge in [0.05, 0.1) is 19.1 Å². The standard InChI is InChI=1S/C21H23N5O6S/c27-17(22-14-3-4-15-16(10-14)32-12-31-15)18-23-24-19(33-18)21(29)26-5-1-2-13(11-26)20(28)25-6-8-30-9-7-25/h3-4,10,13H,1-2,5-9,11-12H2,(H,22,27)/t13-/m1/s1. The van der Waals surface area contributed by atoms with Gasteiger partial charge in [0.15, 0.2) is 11.5 Å². The maximum atomic E-state index is 13.0. The van der Waals surface area contributed by atoms with Crippen LogP contribution in [0.25, 0.3) is 0 Å². The Bertz CT molecular complexity index is 1070. The number of anilines is 1. The van der Waals surface area contributed by atoms with Crippen LogP contribution < -0.4 is 14.8 Å². The molecule has 0 radical (unpaired) electrons. The van der Waals surface area contributed by atoms with E-state index in [4.69, 9.17) is 14.2 Å². The number of morpholine rings is 1. The molecule has 3 aliphatic heterocycles. The minimum absolute atomic E-state index is 0.0665. The number of fused-ring (bicyclic) bond motifs is 1. The molecular formula is C21H23N5O6S. The molecule has 2 fully saturated rings. The van der Waals surface area contributed by atoms with Gasteiger partial charge in [-0.15, -0.1) is 10.2 Å². The van der Waals surface area contributed by atoms with Crippen molar-refractivity contribution in [1.29, 1.82) is 0 Å². The molecule has 3 amide bonds. The lowest BCUT2D eigenvalue weighted by Crippen LogP contribution is -2.49. The number of carbonyl (C=O) groups excluding carboxylic acids is 3. The SMILES string of the molecule is O=C(Nc1ccc2c(c1)OCO2)c1nnc(C(=O)N2CCC[C@@H](C(=O)N3CCOCC3)C2)s1. The summed E-state index contributed by atoms with van der Waals surface area (Å²) in [6.07, 6.45) is 1.49. The molecule has 0 spiro atoms. The Labute approximate surface area is 193 Å². The van der Waals surface area contributed by atoms with Crippen LogP contribution in [0.3, 0.4) is 0 Å². The van der Waals surface area contributed by atoms with Crippen LogP contribution in [-0.2, 0) is 9.53 Å². The highest BCUT2D eigenvalue weighted by Crippen LogP contribution is 2.34. The van der Waals surface area contributed by atoms with E-state index in [0.717, 1.165) is 24.2 Å². The molecule has 2 aromatic rings. The van der Waals surface area contributed by atoms with Crippen LogP contribution in [0, 0.1) is 5.92 Å². The predicted molar refractivity (Wildman–Crippen MR) is 116 cm³/mol. The van der Waals surface area contributed by atoms with E-state index in [0.29, 0.717) is 56.6 Å². The number of ether oxygens (including phenoxy) is 3. The zero-order valence-corrected chi connectivity index (χ0v) is 18.6. The van der Waals surface area contributed by atoms with E-state index in [2.05, 4.69) is 15.5 Å². The van der Waals surface area contributed by atoms with Crippen molar-refractivity contribution in [3.8, 4) is 11.5 Å². The van der Waals surface area contributed by atoms with Gasteiger partial charge in [0.25, 0.3) is 11.8 Å². The number of nitrogens with zero attached hydrogens (tertiary/aromatic N) is 4. The van der Waals surface area contributed by atoms with Crippen LogP contribution in [-0.4, -0.2) is 83.9 Å². The molecule has 0 saturated carbocycles. The monoisotopic (exact) mass is 473 g/mol. The molecule has 2 saturated heterocycles. The average molecular weight is 474 g/mol. The number of hydrogen-bond acceptors (Lipinski definition) is 9. The zero-order valence-electron chi connectivity index (χ0n) is 17.8. The molecule has 11 nitrogen and oxygen atoms in total. The van der Waals surface area contributed by atoms with Crippen LogP contribution in [0.2, 0.25) is 0 Å². The molecule has 174 valence electrons. The summed E-state index contributed by atoms with van der Waals surface area (Å²) in [5.41, 5.74) is 0.521. The fraction of sp³-hybridized carbons (Fsp3) is 0.476. The maximum absolute atomic E-state index is 13.0. The number of benzene rings is 1. The van der Waals surface area contributed by atoms with E-state index in [1.165, 1.54) is 0 Å². The zero-order chi connectivity index (χ0) is 22.8. The third-order valence-corrected chi connectivity index (χ3v) is 6.72. The van der Waals surface area contributed by atoms with Crippen molar-refractivity contribution in [1.82, 2.24) is 20.0 Å². The molecule has 1 atom stereocenters. The second kappa shape index (κ2) is 9.32. The van der Waals surface area contributed by atoms with Crippen molar-refractivity contribution >= 4 is 34.7 Å². The molecule has 3 aliphatic rings. The van der Waals surface area contributed by atoms with Crippen LogP contribution in [0.1, 0.15) is 32.4 Å². The summed E-state index contributed by atoms with van der Waals surface area (Å²) in [7, 11) is 0. The van der Waals surface area contributed by atoms with Crippen LogP contribution in [0.5, 0.6) is 11.5 Å². The first kappa shape index (κ1) is 21.6. The van der Waals surface area contributed by atoms with Crippen molar-refractivity contribution in [2.75, 3.05) is 51.5 Å². The fourth-order valence-electron chi connectivity index (χ4n) is 4.10. The van der Waals surface area contributed by atoms with Gasteiger partial charge in [-0.2, -0.15) is 0 Å². The van der Waals surface area contributed by atoms with Crippen molar-refractivity contribution in [2.45, 2.75) is 12.8 Å². The summed E-state index contributed by atoms with van der Waals surface area (Å²) in [5.74, 6) is 0.217. The van der Waals surface area contributed by atoms with Crippen molar-refractivity contribution in [2.24, 2.45) is 5.92 Å². The quantitative estimate of drug-likeness (QED) is 0.703. The highest BCUT2D eigenvalue weighted by molar-refractivity contribution is 7.15. The molecule has 1 aromatic heterocycles. The number of hydrogen-bond donors (Lipinski definition) is 1. The molecule has 1 aromatic carbocycles. The minimum atomic E-state index is -0.468. The number of aromatic nitrogens is 2. The lowest BCUT2D eigenvalue weighted by molar-refractivity contribution is -0.141. The second-order valence-corrected chi connectivity index (χ2v) is 8.94. The summed E-state index contributed by atoms with van der Waals surface area (Å²) < 4.78 is 15.9. The van der Waals surface area contributed by atoms with Crippen molar-refractivity contribution in [3.63, 3.8) is 0 Å². The fourth-order valence-corrected chi connectivity index (χ4v) is 4.81. The van der Waals surface area contributed by atoms with Crippen molar-refractivity contribution < 1.29 is 28.6 Å². The molecule has 4 heterocycles. The Balaban J connectivity index is 1.21. The Morgan fingerprint density at radius 2 is 1.79 bits per heavy atom. The van der Waals surface area contributed by atoms with E-state index in [-0.39, 0.29) is 34.5 Å². The summed E-state index contributed by atoms with van der Waals surface area (Å²) >= 11 is 0.932. The Morgan fingerprint density at radius 3 is 2.64 bits per heavy atom. The largest absolute Gasteiger partial charge is 0.454 e. The molecule has 0 bridgehead atoms. The summed E-state index contributed by atoms with van der Waals surface area (Å²) in [4.78, 5) is 41.9. The van der Waals surface area contributed by atoms with Gasteiger partial charge in [-0.3, -0.25) is 14.4 Å². The van der Waals surface area contributed by atoms with Crippen LogP contribution in [0.4, 0.5) is 5.69 Å². The van der Waals surface area contributed by atoms with Gasteiger partial charge in [-0.05, 0) is 25.0 Å². The van der Waals surface area contributed by atoms with E-state index in [9.17, 15) is 14.4 Å². The molecule has 33 heavy (non-hydrogen) atoms. The van der Waals surface area contributed by atoms with Gasteiger partial charge in [0.1, 0.15) is 0 Å². The average Bonchev–Trinajstić information content (AvgIpc) is 3.53. The molecule has 12 heteroatoms. The lowest BCUT2D eigenvalue weighted by atomic mass is 9.96. The summed E-state index contributed by atoms with van der Waals surface area (Å²) in [5, 5.41) is 10.8. The summed E-state index contributed by atoms with van der Waals surface area (Å²) in [6.45, 7) is 3.29. The molecular weight excluding hydrogens is 450 g/mol. The van der Waals surface area contributed by atoms with Gasteiger partial charge < -0.3 is 29.3 Å². The number of nitrogens with one attached hydrogen (secondary N) is 1. The van der Waals surface area contributed by atoms with E-state index in [1.807, 2.05) is 4.90 Å². The van der Waals surface area contributed by atoms with Crippen LogP contribution >= 0.6 is 11.3 Å². The predicted octanol–water partition coefficient (Wildman–Crippen LogP) is 1.23. The number of likely N-dealkylation sites (tertiary alicyclic amines) is 1. The van der Waals surface area contributed by atoms with Gasteiger partial charge in [0, 0.05) is 37.9 Å². The van der Waals surface area contributed by atoms with Gasteiger partial charge in [-0.1, -0.05) is 11.3 Å². The number of amides is 3. The van der Waals surface area contributed by atoms with Gasteiger partial charge in [0.2, 0.25) is 22.7 Å². The van der Waals surface area contributed by atoms with Gasteiger partial charge in [-0.25, -0.2) is 0 Å². The number of rotatable bonds is 4. The molecule has 5 rings (SSSR count). The first-order valence-corrected chi connectivity index (χ1v) is 11.6. The molecule has 0 unspecified atom stereocenters. The molecule has 0 aliphatic carbocycles. The Morgan fingerprint density at radius 1 is 1.00 bits per heavy atom. The minimum Gasteiger partial charge on any atom is -0.454 e. The first-order valence-electron chi connectivity index (χ1n) is 10.8. The molecule has 1 N–H and O–H groups in total. The normalized spacial score (nSPS) is 19.9. The second-order valence-electron chi connectivity index (χ2n) is 7.96. The highest BCUT2D eigenvalue weighted by Gasteiger charge is 2.33. The number of piperidine rings is 1. The van der Waals surface area contributed by atoms with Crippen LogP contribution in [0.15, 0.2) is 18.2 Å². The highest BCUT2D eigenvalue weighted by atomic mass is 32.1. The third kappa shape index (κ3) is 4.62. The smallest absolute Gasteiger partial charge is 0.286 e. The maximum Gasteiger partial charge on any atom is 0.286 e. The van der Waals surface area contributed by atoms with Crippen molar-refractivity contribution in [3.05, 3.63) is 28.2 Å². The lowest BCUT2D eigenvalue weighted by Gasteiger charge is -2.35. The summed E-state index contributed by atoms with van der Waals surface area (Å²) in [6, 6.07) is 5.06. The third-order valence-electron chi connectivity index (χ3n) is 5.81. The first-order chi connectivity index (χ1) is 16.1. The van der Waals surface area contributed by atoms with Gasteiger partial charge >= 0.3 is 0 Å². The van der Waals surface area contributed by atoms with E-state index >= 15 is 0 Å².